The molecule has 0 spiro atoms. The zero-order chi connectivity index (χ0) is 83.5. The number of hydrogen-bond acceptors (Lipinski definition) is 2. The zero-order valence-electron chi connectivity index (χ0n) is 67.1. The molecule has 15 aromatic carbocycles. The Kier molecular flexibility index (Phi) is 35.5. The van der Waals surface area contributed by atoms with E-state index in [1.807, 2.05) is 120 Å². The van der Waals surface area contributed by atoms with Crippen molar-refractivity contribution >= 4 is 137 Å². The van der Waals surface area contributed by atoms with Gasteiger partial charge < -0.3 is 66.2 Å². The molecule has 0 aliphatic rings. The molecular formula is C100H80F6I2N8OOs2P3S2-. The Hall–Kier alpha value is -9.98. The van der Waals surface area contributed by atoms with Crippen molar-refractivity contribution in [2.45, 2.75) is 12.4 Å². The molecule has 0 aliphatic heterocycles. The van der Waals surface area contributed by atoms with Gasteiger partial charge in [-0.25, -0.2) is 9.13 Å². The van der Waals surface area contributed by atoms with Crippen LogP contribution >= 0.6 is 23.8 Å². The molecule has 0 fully saturated rings. The van der Waals surface area contributed by atoms with Crippen molar-refractivity contribution in [2.24, 2.45) is 28.2 Å². The van der Waals surface area contributed by atoms with Crippen LogP contribution in [0.15, 0.2) is 413 Å². The van der Waals surface area contributed by atoms with E-state index in [1.165, 1.54) is 59.9 Å². The van der Waals surface area contributed by atoms with Crippen LogP contribution in [-0.4, -0.2) is 22.5 Å². The number of benzene rings is 15. The molecule has 19 aromatic rings. The molecule has 0 saturated heterocycles. The molecule has 0 saturated carbocycles. The maximum atomic E-state index is 13.8. The summed E-state index contributed by atoms with van der Waals surface area (Å²) in [7, 11) is 6.12. The van der Waals surface area contributed by atoms with Crippen LogP contribution in [0.2, 0.25) is 0 Å². The van der Waals surface area contributed by atoms with Gasteiger partial charge in [-0.1, -0.05) is 363 Å². The third kappa shape index (κ3) is 23.6. The summed E-state index contributed by atoms with van der Waals surface area (Å²) in [4.78, 5) is 0. The van der Waals surface area contributed by atoms with Crippen LogP contribution in [0, 0.1) is 18.7 Å². The second-order valence-electron chi connectivity index (χ2n) is 27.6. The van der Waals surface area contributed by atoms with Crippen LogP contribution in [0.4, 0.5) is 26.3 Å². The Morgan fingerprint density at radius 3 is 0.734 bits per heavy atom. The Balaban J connectivity index is 0.000000162. The van der Waals surface area contributed by atoms with Crippen LogP contribution in [0.25, 0.3) is 66.9 Å². The maximum absolute atomic E-state index is 13.8. The number of nitrogens with zero attached hydrogens (tertiary/aromatic N) is 8. The molecule has 0 amide bonds. The predicted molar refractivity (Wildman–Crippen MR) is 482 cm³/mol. The van der Waals surface area contributed by atoms with Crippen molar-refractivity contribution in [3.05, 3.63) is 443 Å². The second-order valence-corrected chi connectivity index (χ2v) is 34.8. The van der Waals surface area contributed by atoms with Crippen molar-refractivity contribution in [1.82, 2.24) is 18.3 Å². The SMILES string of the molecule is C[n+]1[c-]n(-c2[c-]c(-n3[c-][n+](C)c4ccccc43)cc(C(F)(F)F)c2)c2ccccc21.C[n+]1cn(-c2cc(-n3c[n+](C)c4ccccc43)cc(C(F)(F)F)c2)c2ccccc21.O=S=S.[I-].[I-].[Os].[Os].c1ccc(P(c2ccccc2)c2ccccc2)cc1.c1ccc(P(c2ccccc2)c2ccccc2)cc1.c1ccc(P(c2ccccc2)c2ccccc2)cc1. The summed E-state index contributed by atoms with van der Waals surface area (Å²) in [6.07, 6.45) is 0.802. The molecule has 0 atom stereocenters. The summed E-state index contributed by atoms with van der Waals surface area (Å²) < 4.78 is 105. The van der Waals surface area contributed by atoms with E-state index in [-0.39, 0.29) is 109 Å². The van der Waals surface area contributed by atoms with E-state index in [9.17, 15) is 26.3 Å². The van der Waals surface area contributed by atoms with Gasteiger partial charge in [0.15, 0.2) is 32.3 Å². The van der Waals surface area contributed by atoms with Gasteiger partial charge in [0.2, 0.25) is 25.3 Å². The second kappa shape index (κ2) is 45.8. The average Bonchev–Trinajstić information content (AvgIpc) is 1.61. The molecule has 19 rings (SSSR count). The fourth-order valence-electron chi connectivity index (χ4n) is 14.2. The van der Waals surface area contributed by atoms with E-state index in [0.717, 1.165) is 56.3 Å². The third-order valence-electron chi connectivity index (χ3n) is 19.7. The molecule has 0 N–H and O–H groups in total. The summed E-state index contributed by atoms with van der Waals surface area (Å²) in [6.45, 7) is 0. The molecule has 0 bridgehead atoms. The first-order valence-electron chi connectivity index (χ1n) is 38.3. The van der Waals surface area contributed by atoms with Crippen molar-refractivity contribution in [1.29, 1.82) is 0 Å². The average molecular weight is 2320 g/mol. The van der Waals surface area contributed by atoms with Gasteiger partial charge in [-0.3, -0.25) is 0 Å². The number of para-hydroxylation sites is 8. The normalized spacial score (nSPS) is 10.8. The molecule has 124 heavy (non-hydrogen) atoms. The first kappa shape index (κ1) is 96.2. The molecule has 4 aromatic heterocycles. The fourth-order valence-corrected chi connectivity index (χ4v) is 21.1. The number of alkyl halides is 6. The van der Waals surface area contributed by atoms with Crippen LogP contribution in [-0.2, 0) is 102 Å². The van der Waals surface area contributed by atoms with Crippen molar-refractivity contribution in [2.75, 3.05) is 0 Å². The van der Waals surface area contributed by atoms with Gasteiger partial charge in [-0.2, -0.15) is 57.9 Å². The minimum absolute atomic E-state index is 0. The number of hydrogen-bond donors (Lipinski definition) is 0. The molecular weight excluding hydrogens is 2230 g/mol. The number of fused-ring (bicyclic) bond motifs is 4. The quantitative estimate of drug-likeness (QED) is 0.0380. The van der Waals surface area contributed by atoms with E-state index in [4.69, 9.17) is 4.21 Å². The predicted octanol–water partition coefficient (Wildman–Crippen LogP) is 11.9. The van der Waals surface area contributed by atoms with E-state index < -0.39 is 47.2 Å². The fraction of sp³-hybridized carbons (Fsp3) is 0.0600. The van der Waals surface area contributed by atoms with Gasteiger partial charge in [-0.15, -0.1) is 0 Å². The Bertz CT molecular complexity index is 5660. The summed E-state index contributed by atoms with van der Waals surface area (Å²) in [5, 5.41) is 12.6. The van der Waals surface area contributed by atoms with Crippen molar-refractivity contribution in [3.63, 3.8) is 0 Å². The van der Waals surface area contributed by atoms with Crippen LogP contribution < -0.4 is 114 Å². The molecule has 0 aliphatic carbocycles. The van der Waals surface area contributed by atoms with Gasteiger partial charge in [-0.05, 0) is 108 Å². The zero-order valence-corrected chi connectivity index (χ0v) is 80.8. The number of halogens is 8. The number of rotatable bonds is 13. The first-order valence-corrected chi connectivity index (χ1v) is 44.0. The van der Waals surface area contributed by atoms with Gasteiger partial charge in [0, 0.05) is 56.8 Å². The third-order valence-corrected chi connectivity index (χ3v) is 27.0. The molecule has 24 heteroatoms. The molecule has 626 valence electrons. The maximum Gasteiger partial charge on any atom is 0.416 e. The Morgan fingerprint density at radius 1 is 0.298 bits per heavy atom. The van der Waals surface area contributed by atoms with Gasteiger partial charge in [0.1, 0.15) is 11.4 Å². The summed E-state index contributed by atoms with van der Waals surface area (Å²) in [5.41, 5.74) is 6.74. The van der Waals surface area contributed by atoms with Crippen molar-refractivity contribution in [3.8, 4) is 22.7 Å². The minimum Gasteiger partial charge on any atom is -1.00 e. The molecule has 4 heterocycles. The van der Waals surface area contributed by atoms with Gasteiger partial charge in [0.05, 0.1) is 55.8 Å². The molecule has 9 nitrogen and oxygen atoms in total. The Morgan fingerprint density at radius 2 is 0.500 bits per heavy atom. The smallest absolute Gasteiger partial charge is 0.416 e. The van der Waals surface area contributed by atoms with Crippen LogP contribution in [0.3, 0.4) is 0 Å². The first-order chi connectivity index (χ1) is 58.4. The van der Waals surface area contributed by atoms with Crippen LogP contribution in [0.5, 0.6) is 0 Å². The van der Waals surface area contributed by atoms with E-state index >= 15 is 0 Å². The van der Waals surface area contributed by atoms with E-state index in [0.29, 0.717) is 11.4 Å². The van der Waals surface area contributed by atoms with Gasteiger partial charge >= 0.3 is 12.4 Å². The van der Waals surface area contributed by atoms with E-state index in [1.54, 1.807) is 60.2 Å². The van der Waals surface area contributed by atoms with E-state index in [2.05, 4.69) is 303 Å². The minimum atomic E-state index is -4.51. The molecule has 0 unspecified atom stereocenters. The standard InChI is InChI=1S/C23H19F3N4.C23H16F3N4.3C18H15P.2HI.OS2.2Os/c2*1-27-14-29(21-9-5-3-7-19(21)27)17-11-16(23(24,25)26)12-18(13-17)30-15-28(2)20-8-4-6-10-22(20)30;3*1-4-10-16(11-5-1)19(17-12-6-2-7-13-17)18-14-8-3-9-15-18;;;1-3-2;;/h3-15H,1-2H3;3-12H,1-2H3;3*1-15H;2*1H;;;/q+2;-1;;;;;;;;/p-2. The Labute approximate surface area is 790 Å². The number of aromatic nitrogens is 8. The monoisotopic (exact) mass is 2320 g/mol. The largest absolute Gasteiger partial charge is 1.00 e. The summed E-state index contributed by atoms with van der Waals surface area (Å²) in [5.74, 6) is 0. The molecule has 0 radical (unpaired) electrons. The van der Waals surface area contributed by atoms with Crippen molar-refractivity contribution < 1.29 is 136 Å². The number of imidazole rings is 4. The van der Waals surface area contributed by atoms with Gasteiger partial charge in [0.25, 0.3) is 0 Å². The summed E-state index contributed by atoms with van der Waals surface area (Å²) >= 11 is 3.75. The summed E-state index contributed by atoms with van der Waals surface area (Å²) in [6, 6.07) is 137. The number of aryl methyl sites for hydroxylation is 4. The topological polar surface area (TPSA) is 52.3 Å². The van der Waals surface area contributed by atoms with Crippen LogP contribution in [0.1, 0.15) is 11.1 Å².